The molecule has 0 spiro atoms. The van der Waals surface area contributed by atoms with E-state index in [-0.39, 0.29) is 41.8 Å². The molecule has 2 N–H and O–H groups in total. The van der Waals surface area contributed by atoms with Crippen LogP contribution in [0.25, 0.3) is 0 Å². The Hall–Kier alpha value is -1.97. The van der Waals surface area contributed by atoms with Crippen molar-refractivity contribution in [2.45, 2.75) is 56.6 Å². The zero-order valence-corrected chi connectivity index (χ0v) is 18.4. The second-order valence-corrected chi connectivity index (χ2v) is 10.0. The number of amides is 2. The Balaban J connectivity index is 1.46. The van der Waals surface area contributed by atoms with Crippen LogP contribution < -0.4 is 10.6 Å². The van der Waals surface area contributed by atoms with E-state index < -0.39 is 16.1 Å². The lowest BCUT2D eigenvalue weighted by Gasteiger charge is -2.31. The van der Waals surface area contributed by atoms with E-state index in [0.29, 0.717) is 19.4 Å². The Bertz CT molecular complexity index is 842. The van der Waals surface area contributed by atoms with E-state index >= 15 is 0 Å². The lowest BCUT2D eigenvalue weighted by Crippen LogP contribution is -2.50. The molecule has 166 valence electrons. The number of sulfonamides is 1. The van der Waals surface area contributed by atoms with Crippen molar-refractivity contribution in [1.29, 1.82) is 0 Å². The number of carbonyl (C=O) groups excluding carboxylic acids is 2. The summed E-state index contributed by atoms with van der Waals surface area (Å²) in [5.74, 6) is -0.747. The molecule has 0 aromatic heterocycles. The number of nitrogens with zero attached hydrogens (tertiary/aromatic N) is 1. The van der Waals surface area contributed by atoms with Crippen molar-refractivity contribution >= 4 is 21.8 Å². The Morgan fingerprint density at radius 1 is 1.17 bits per heavy atom. The maximum atomic E-state index is 12.8. The normalized spacial score (nSPS) is 21.9. The molecule has 2 amide bonds. The molecule has 9 heteroatoms. The van der Waals surface area contributed by atoms with Crippen molar-refractivity contribution in [3.63, 3.8) is 0 Å². The van der Waals surface area contributed by atoms with Gasteiger partial charge in [0.15, 0.2) is 0 Å². The van der Waals surface area contributed by atoms with Gasteiger partial charge in [-0.15, -0.1) is 0 Å². The summed E-state index contributed by atoms with van der Waals surface area (Å²) in [7, 11) is -3.55. The summed E-state index contributed by atoms with van der Waals surface area (Å²) in [6.07, 6.45) is 2.86. The molecular formula is C21H31N3O5S. The maximum Gasteiger partial charge on any atom is 0.243 e. The number of aryl methyl sites for hydroxylation is 1. The minimum Gasteiger partial charge on any atom is -0.376 e. The van der Waals surface area contributed by atoms with Crippen LogP contribution >= 0.6 is 0 Å². The van der Waals surface area contributed by atoms with Gasteiger partial charge in [-0.3, -0.25) is 9.59 Å². The summed E-state index contributed by atoms with van der Waals surface area (Å²) >= 11 is 0. The lowest BCUT2D eigenvalue weighted by molar-refractivity contribution is -0.131. The van der Waals surface area contributed by atoms with E-state index in [1.54, 1.807) is 31.2 Å². The fourth-order valence-corrected chi connectivity index (χ4v) is 5.26. The van der Waals surface area contributed by atoms with Gasteiger partial charge in [0.2, 0.25) is 21.8 Å². The van der Waals surface area contributed by atoms with Crippen LogP contribution in [-0.4, -0.2) is 62.9 Å². The molecule has 30 heavy (non-hydrogen) atoms. The highest BCUT2D eigenvalue weighted by Gasteiger charge is 2.33. The van der Waals surface area contributed by atoms with E-state index in [2.05, 4.69) is 10.6 Å². The average molecular weight is 438 g/mol. The van der Waals surface area contributed by atoms with Crippen molar-refractivity contribution in [2.75, 3.05) is 26.2 Å². The fraction of sp³-hybridized carbons (Fsp3) is 0.619. The van der Waals surface area contributed by atoms with Gasteiger partial charge in [0, 0.05) is 32.2 Å². The predicted octanol–water partition coefficient (Wildman–Crippen LogP) is 1.20. The SMILES string of the molecule is Cc1ccc(S(=O)(=O)N2CCC(C(=O)N[C@@H](C)C(=O)NC[C@H]3CCCO3)CC2)cc1. The number of ether oxygens (including phenoxy) is 1. The van der Waals surface area contributed by atoms with Crippen LogP contribution in [-0.2, 0) is 24.3 Å². The predicted molar refractivity (Wildman–Crippen MR) is 112 cm³/mol. The van der Waals surface area contributed by atoms with Gasteiger partial charge in [0.05, 0.1) is 11.0 Å². The van der Waals surface area contributed by atoms with E-state index in [1.807, 2.05) is 6.92 Å². The Morgan fingerprint density at radius 2 is 1.83 bits per heavy atom. The van der Waals surface area contributed by atoms with Gasteiger partial charge in [-0.25, -0.2) is 8.42 Å². The van der Waals surface area contributed by atoms with Crippen LogP contribution in [0.15, 0.2) is 29.2 Å². The average Bonchev–Trinajstić information content (AvgIpc) is 3.26. The van der Waals surface area contributed by atoms with Crippen LogP contribution in [0.4, 0.5) is 0 Å². The summed E-state index contributed by atoms with van der Waals surface area (Å²) in [4.78, 5) is 25.0. The molecule has 2 fully saturated rings. The Labute approximate surface area is 178 Å². The molecule has 8 nitrogen and oxygen atoms in total. The van der Waals surface area contributed by atoms with Crippen LogP contribution in [0.3, 0.4) is 0 Å². The van der Waals surface area contributed by atoms with Crippen molar-refractivity contribution in [2.24, 2.45) is 5.92 Å². The molecular weight excluding hydrogens is 406 g/mol. The van der Waals surface area contributed by atoms with Gasteiger partial charge >= 0.3 is 0 Å². The molecule has 0 saturated carbocycles. The molecule has 1 aromatic carbocycles. The molecule has 1 aromatic rings. The molecule has 0 bridgehead atoms. The van der Waals surface area contributed by atoms with Gasteiger partial charge in [-0.1, -0.05) is 17.7 Å². The van der Waals surface area contributed by atoms with Crippen molar-refractivity contribution in [1.82, 2.24) is 14.9 Å². The highest BCUT2D eigenvalue weighted by atomic mass is 32.2. The van der Waals surface area contributed by atoms with Crippen LogP contribution in [0, 0.1) is 12.8 Å². The maximum absolute atomic E-state index is 12.8. The fourth-order valence-electron chi connectivity index (χ4n) is 3.79. The topological polar surface area (TPSA) is 105 Å². The first kappa shape index (κ1) is 22.7. The summed E-state index contributed by atoms with van der Waals surface area (Å²) in [6.45, 7) is 5.31. The largest absolute Gasteiger partial charge is 0.376 e. The Kier molecular flexibility index (Phi) is 7.49. The summed E-state index contributed by atoms with van der Waals surface area (Å²) < 4.78 is 32.5. The molecule has 0 radical (unpaired) electrons. The van der Waals surface area contributed by atoms with E-state index in [0.717, 1.165) is 25.0 Å². The van der Waals surface area contributed by atoms with Gasteiger partial charge in [0.1, 0.15) is 6.04 Å². The number of hydrogen-bond donors (Lipinski definition) is 2. The van der Waals surface area contributed by atoms with Crippen LogP contribution in [0.2, 0.25) is 0 Å². The summed E-state index contributed by atoms with van der Waals surface area (Å²) in [5.41, 5.74) is 0.998. The molecule has 2 aliphatic heterocycles. The molecule has 2 heterocycles. The first-order chi connectivity index (χ1) is 14.3. The van der Waals surface area contributed by atoms with E-state index in [9.17, 15) is 18.0 Å². The number of benzene rings is 1. The van der Waals surface area contributed by atoms with Crippen LogP contribution in [0.1, 0.15) is 38.2 Å². The number of hydrogen-bond acceptors (Lipinski definition) is 5. The van der Waals surface area contributed by atoms with E-state index in [4.69, 9.17) is 4.74 Å². The van der Waals surface area contributed by atoms with Gasteiger partial charge in [0.25, 0.3) is 0 Å². The highest BCUT2D eigenvalue weighted by Crippen LogP contribution is 2.24. The third kappa shape index (κ3) is 5.59. The van der Waals surface area contributed by atoms with E-state index in [1.165, 1.54) is 4.31 Å². The summed E-state index contributed by atoms with van der Waals surface area (Å²) in [6, 6.07) is 6.13. The highest BCUT2D eigenvalue weighted by molar-refractivity contribution is 7.89. The minimum atomic E-state index is -3.55. The minimum absolute atomic E-state index is 0.0525. The number of carbonyl (C=O) groups is 2. The second-order valence-electron chi connectivity index (χ2n) is 8.10. The first-order valence-corrected chi connectivity index (χ1v) is 12.0. The third-order valence-electron chi connectivity index (χ3n) is 5.76. The molecule has 2 saturated heterocycles. The zero-order valence-electron chi connectivity index (χ0n) is 17.6. The molecule has 0 unspecified atom stereocenters. The smallest absolute Gasteiger partial charge is 0.243 e. The molecule has 2 aliphatic rings. The number of nitrogens with one attached hydrogen (secondary N) is 2. The molecule has 0 aliphatic carbocycles. The zero-order chi connectivity index (χ0) is 21.7. The Morgan fingerprint density at radius 3 is 2.43 bits per heavy atom. The second kappa shape index (κ2) is 9.89. The third-order valence-corrected chi connectivity index (χ3v) is 7.68. The van der Waals surface area contributed by atoms with Gasteiger partial charge in [-0.05, 0) is 51.7 Å². The quantitative estimate of drug-likeness (QED) is 0.667. The van der Waals surface area contributed by atoms with Gasteiger partial charge < -0.3 is 15.4 Å². The van der Waals surface area contributed by atoms with Crippen molar-refractivity contribution in [3.8, 4) is 0 Å². The van der Waals surface area contributed by atoms with Gasteiger partial charge in [-0.2, -0.15) is 4.31 Å². The van der Waals surface area contributed by atoms with Crippen molar-refractivity contribution in [3.05, 3.63) is 29.8 Å². The van der Waals surface area contributed by atoms with Crippen LogP contribution in [0.5, 0.6) is 0 Å². The number of piperidine rings is 1. The standard InChI is InChI=1S/C21H31N3O5S/c1-15-5-7-19(8-6-15)30(27,28)24-11-9-17(10-12-24)21(26)23-16(2)20(25)22-14-18-4-3-13-29-18/h5-8,16-18H,3-4,9-14H2,1-2H3,(H,22,25)(H,23,26)/t16-,18+/m0/s1. The van der Waals surface area contributed by atoms with Crippen molar-refractivity contribution < 1.29 is 22.7 Å². The first-order valence-electron chi connectivity index (χ1n) is 10.5. The number of rotatable bonds is 7. The lowest BCUT2D eigenvalue weighted by atomic mass is 9.97. The molecule has 2 atom stereocenters. The monoisotopic (exact) mass is 437 g/mol. The summed E-state index contributed by atoms with van der Waals surface area (Å²) in [5, 5.41) is 5.57. The molecule has 3 rings (SSSR count).